The molecule has 3 rings (SSSR count). The molecule has 1 heterocycles. The summed E-state index contributed by atoms with van der Waals surface area (Å²) in [5, 5.41) is 0. The average Bonchev–Trinajstić information content (AvgIpc) is 2.47. The van der Waals surface area contributed by atoms with E-state index in [0.29, 0.717) is 5.69 Å². The molecule has 1 fully saturated rings. The van der Waals surface area contributed by atoms with Crippen molar-refractivity contribution >= 4 is 5.78 Å². The SMILES string of the molecule is O=C(c1cnc2c(n1)CCCC2)C1CCCCC1. The summed E-state index contributed by atoms with van der Waals surface area (Å²) in [6.07, 6.45) is 11.9. The van der Waals surface area contributed by atoms with E-state index in [0.717, 1.165) is 37.1 Å². The summed E-state index contributed by atoms with van der Waals surface area (Å²) in [7, 11) is 0. The molecule has 0 spiro atoms. The number of aryl methyl sites for hydroxylation is 2. The second-order valence-electron chi connectivity index (χ2n) is 5.55. The van der Waals surface area contributed by atoms with Crippen molar-refractivity contribution in [1.82, 2.24) is 9.97 Å². The van der Waals surface area contributed by atoms with Gasteiger partial charge in [-0.25, -0.2) is 4.98 Å². The maximum atomic E-state index is 12.4. The van der Waals surface area contributed by atoms with Crippen LogP contribution in [0, 0.1) is 5.92 Å². The van der Waals surface area contributed by atoms with E-state index in [2.05, 4.69) is 9.97 Å². The van der Waals surface area contributed by atoms with Crippen molar-refractivity contribution in [1.29, 1.82) is 0 Å². The maximum Gasteiger partial charge on any atom is 0.185 e. The molecule has 0 saturated heterocycles. The van der Waals surface area contributed by atoms with E-state index >= 15 is 0 Å². The zero-order chi connectivity index (χ0) is 12.4. The molecule has 1 aromatic rings. The number of carbonyl (C=O) groups is 1. The van der Waals surface area contributed by atoms with E-state index in [9.17, 15) is 4.79 Å². The molecule has 0 unspecified atom stereocenters. The van der Waals surface area contributed by atoms with E-state index < -0.39 is 0 Å². The minimum Gasteiger partial charge on any atom is -0.292 e. The van der Waals surface area contributed by atoms with Crippen molar-refractivity contribution < 1.29 is 4.79 Å². The highest BCUT2D eigenvalue weighted by Gasteiger charge is 2.24. The smallest absolute Gasteiger partial charge is 0.185 e. The first kappa shape index (κ1) is 11.8. The van der Waals surface area contributed by atoms with Gasteiger partial charge in [0.2, 0.25) is 0 Å². The van der Waals surface area contributed by atoms with Crippen LogP contribution >= 0.6 is 0 Å². The van der Waals surface area contributed by atoms with E-state index in [-0.39, 0.29) is 11.7 Å². The summed E-state index contributed by atoms with van der Waals surface area (Å²) < 4.78 is 0. The van der Waals surface area contributed by atoms with Crippen LogP contribution in [0.1, 0.15) is 66.8 Å². The third-order valence-corrected chi connectivity index (χ3v) is 4.24. The lowest BCUT2D eigenvalue weighted by molar-refractivity contribution is 0.0883. The van der Waals surface area contributed by atoms with Crippen molar-refractivity contribution in [2.45, 2.75) is 57.8 Å². The van der Waals surface area contributed by atoms with Gasteiger partial charge in [0.25, 0.3) is 0 Å². The van der Waals surface area contributed by atoms with Crippen LogP contribution in [0.25, 0.3) is 0 Å². The summed E-state index contributed by atoms with van der Waals surface area (Å²) in [6, 6.07) is 0. The molecule has 18 heavy (non-hydrogen) atoms. The zero-order valence-corrected chi connectivity index (χ0v) is 10.8. The molecule has 0 amide bonds. The number of rotatable bonds is 2. The molecule has 96 valence electrons. The number of carbonyl (C=O) groups excluding carboxylic acids is 1. The minimum absolute atomic E-state index is 0.203. The Morgan fingerprint density at radius 2 is 1.72 bits per heavy atom. The van der Waals surface area contributed by atoms with Gasteiger partial charge in [0.15, 0.2) is 5.78 Å². The van der Waals surface area contributed by atoms with Crippen molar-refractivity contribution in [2.24, 2.45) is 5.92 Å². The maximum absolute atomic E-state index is 12.4. The standard InChI is InChI=1S/C15H20N2O/c18-15(11-6-2-1-3-7-11)14-10-16-12-8-4-5-9-13(12)17-14/h10-11H,1-9H2. The number of hydrogen-bond donors (Lipinski definition) is 0. The van der Waals surface area contributed by atoms with Crippen LogP contribution in [0.5, 0.6) is 0 Å². The number of nitrogens with zero attached hydrogens (tertiary/aromatic N) is 2. The van der Waals surface area contributed by atoms with Gasteiger partial charge in [-0.2, -0.15) is 0 Å². The molecule has 0 radical (unpaired) electrons. The second kappa shape index (κ2) is 5.17. The Balaban J connectivity index is 1.80. The van der Waals surface area contributed by atoms with Crippen LogP contribution in [0.4, 0.5) is 0 Å². The van der Waals surface area contributed by atoms with Gasteiger partial charge in [0.05, 0.1) is 17.6 Å². The van der Waals surface area contributed by atoms with Gasteiger partial charge in [0, 0.05) is 5.92 Å². The summed E-state index contributed by atoms with van der Waals surface area (Å²) in [4.78, 5) is 21.4. The molecule has 3 heteroatoms. The first-order chi connectivity index (χ1) is 8.84. The monoisotopic (exact) mass is 244 g/mol. The molecule has 2 aliphatic carbocycles. The van der Waals surface area contributed by atoms with E-state index in [1.54, 1.807) is 6.20 Å². The van der Waals surface area contributed by atoms with Crippen molar-refractivity contribution in [2.75, 3.05) is 0 Å². The van der Waals surface area contributed by atoms with Crippen LogP contribution in [-0.2, 0) is 12.8 Å². The fraction of sp³-hybridized carbons (Fsp3) is 0.667. The van der Waals surface area contributed by atoms with Crippen LogP contribution in [0.2, 0.25) is 0 Å². The van der Waals surface area contributed by atoms with Crippen LogP contribution in [0.3, 0.4) is 0 Å². The van der Waals surface area contributed by atoms with Crippen LogP contribution in [0.15, 0.2) is 6.20 Å². The minimum atomic E-state index is 0.203. The van der Waals surface area contributed by atoms with Gasteiger partial charge < -0.3 is 0 Å². The number of aromatic nitrogens is 2. The van der Waals surface area contributed by atoms with Gasteiger partial charge in [0.1, 0.15) is 5.69 Å². The fourth-order valence-electron chi connectivity index (χ4n) is 3.14. The quantitative estimate of drug-likeness (QED) is 0.751. The molecule has 0 aromatic carbocycles. The highest BCUT2D eigenvalue weighted by molar-refractivity contribution is 5.95. The number of fused-ring (bicyclic) bond motifs is 1. The Bertz CT molecular complexity index is 450. The normalized spacial score (nSPS) is 20.4. The summed E-state index contributed by atoms with van der Waals surface area (Å²) in [6.45, 7) is 0. The predicted octanol–water partition coefficient (Wildman–Crippen LogP) is 3.12. The van der Waals surface area contributed by atoms with Gasteiger partial charge in [-0.15, -0.1) is 0 Å². The first-order valence-corrected chi connectivity index (χ1v) is 7.23. The Kier molecular flexibility index (Phi) is 3.39. The van der Waals surface area contributed by atoms with Crippen LogP contribution in [-0.4, -0.2) is 15.8 Å². The molecule has 1 saturated carbocycles. The highest BCUT2D eigenvalue weighted by Crippen LogP contribution is 2.27. The highest BCUT2D eigenvalue weighted by atomic mass is 16.1. The Morgan fingerprint density at radius 1 is 1.00 bits per heavy atom. The first-order valence-electron chi connectivity index (χ1n) is 7.23. The van der Waals surface area contributed by atoms with E-state index in [4.69, 9.17) is 0 Å². The molecule has 0 N–H and O–H groups in total. The third kappa shape index (κ3) is 2.31. The fourth-order valence-corrected chi connectivity index (χ4v) is 3.14. The molecule has 1 aromatic heterocycles. The third-order valence-electron chi connectivity index (χ3n) is 4.24. The molecule has 2 aliphatic rings. The molecule has 0 atom stereocenters. The average molecular weight is 244 g/mol. The Morgan fingerprint density at radius 3 is 2.50 bits per heavy atom. The molecular formula is C15H20N2O. The predicted molar refractivity (Wildman–Crippen MR) is 69.6 cm³/mol. The molecule has 3 nitrogen and oxygen atoms in total. The van der Waals surface area contributed by atoms with Crippen LogP contribution < -0.4 is 0 Å². The summed E-state index contributed by atoms with van der Waals surface area (Å²) >= 11 is 0. The van der Waals surface area contributed by atoms with Crippen molar-refractivity contribution in [3.05, 3.63) is 23.3 Å². The molecular weight excluding hydrogens is 224 g/mol. The molecule has 0 bridgehead atoms. The number of ketones is 1. The lowest BCUT2D eigenvalue weighted by Gasteiger charge is -2.20. The van der Waals surface area contributed by atoms with Gasteiger partial charge in [-0.3, -0.25) is 9.78 Å². The summed E-state index contributed by atoms with van der Waals surface area (Å²) in [5.41, 5.74) is 2.80. The Hall–Kier alpha value is -1.25. The Labute approximate surface area is 108 Å². The largest absolute Gasteiger partial charge is 0.292 e. The zero-order valence-electron chi connectivity index (χ0n) is 10.8. The molecule has 0 aliphatic heterocycles. The van der Waals surface area contributed by atoms with E-state index in [1.807, 2.05) is 0 Å². The van der Waals surface area contributed by atoms with Gasteiger partial charge >= 0.3 is 0 Å². The van der Waals surface area contributed by atoms with Crippen molar-refractivity contribution in [3.8, 4) is 0 Å². The van der Waals surface area contributed by atoms with Gasteiger partial charge in [-0.1, -0.05) is 19.3 Å². The lowest BCUT2D eigenvalue weighted by atomic mass is 9.85. The van der Waals surface area contributed by atoms with Gasteiger partial charge in [-0.05, 0) is 38.5 Å². The number of Topliss-reactive ketones (excluding diaryl/α,β-unsaturated/α-hetero) is 1. The lowest BCUT2D eigenvalue weighted by Crippen LogP contribution is -2.21. The topological polar surface area (TPSA) is 42.9 Å². The van der Waals surface area contributed by atoms with E-state index in [1.165, 1.54) is 32.1 Å². The summed E-state index contributed by atoms with van der Waals surface area (Å²) in [5.74, 6) is 0.435. The second-order valence-corrected chi connectivity index (χ2v) is 5.55. The van der Waals surface area contributed by atoms with Crippen molar-refractivity contribution in [3.63, 3.8) is 0 Å². The number of hydrogen-bond acceptors (Lipinski definition) is 3.